The molecule has 0 aliphatic carbocycles. The summed E-state index contributed by atoms with van der Waals surface area (Å²) in [4.78, 5) is 9.30. The molecule has 0 bridgehead atoms. The molecule has 0 fully saturated rings. The fourth-order valence-electron chi connectivity index (χ4n) is 3.75. The molecule has 0 unspecified atom stereocenters. The summed E-state index contributed by atoms with van der Waals surface area (Å²) in [5, 5.41) is 19.1. The van der Waals surface area contributed by atoms with Crippen molar-refractivity contribution in [3.63, 3.8) is 0 Å². The number of aryl methyl sites for hydroxylation is 2. The van der Waals surface area contributed by atoms with Crippen LogP contribution in [0.2, 0.25) is 0 Å². The van der Waals surface area contributed by atoms with Gasteiger partial charge in [0, 0.05) is 24.6 Å². The lowest BCUT2D eigenvalue weighted by Gasteiger charge is -2.09. The van der Waals surface area contributed by atoms with Crippen LogP contribution in [0.3, 0.4) is 0 Å². The van der Waals surface area contributed by atoms with Crippen LogP contribution >= 0.6 is 0 Å². The lowest BCUT2D eigenvalue weighted by Crippen LogP contribution is -2.07. The molecule has 0 radical (unpaired) electrons. The first kappa shape index (κ1) is 21.8. The van der Waals surface area contributed by atoms with Gasteiger partial charge in [-0.05, 0) is 35.2 Å². The Labute approximate surface area is 188 Å². The zero-order valence-electron chi connectivity index (χ0n) is 18.8. The van der Waals surface area contributed by atoms with Crippen LogP contribution in [-0.4, -0.2) is 40.4 Å². The fourth-order valence-corrected chi connectivity index (χ4v) is 3.75. The van der Waals surface area contributed by atoms with Crippen molar-refractivity contribution in [3.05, 3.63) is 59.8 Å². The molecule has 4 aromatic rings. The summed E-state index contributed by atoms with van der Waals surface area (Å²) in [6, 6.07) is 12.5. The number of hydrogen-bond donors (Lipinski definition) is 1. The van der Waals surface area contributed by atoms with Gasteiger partial charge >= 0.3 is 0 Å². The molecule has 0 aliphatic rings. The van der Waals surface area contributed by atoms with Crippen LogP contribution in [0.4, 0.5) is 0 Å². The molecule has 1 aromatic carbocycles. The number of hydrogen-bond acceptors (Lipinski definition) is 6. The quantitative estimate of drug-likeness (QED) is 0.348. The van der Waals surface area contributed by atoms with Crippen LogP contribution in [0.1, 0.15) is 63.2 Å². The van der Waals surface area contributed by atoms with Crippen molar-refractivity contribution >= 4 is 0 Å². The number of aromatic amines is 1. The number of tetrazole rings is 1. The highest BCUT2D eigenvalue weighted by Gasteiger charge is 2.13. The Hall–Kier alpha value is -3.42. The highest BCUT2D eigenvalue weighted by molar-refractivity contribution is 5.77. The minimum Gasteiger partial charge on any atom is -0.252 e. The molecule has 8 heteroatoms. The molecule has 32 heavy (non-hydrogen) atoms. The fraction of sp³-hybridized carbons (Fsp3) is 0.417. The van der Waals surface area contributed by atoms with Gasteiger partial charge < -0.3 is 0 Å². The van der Waals surface area contributed by atoms with Crippen LogP contribution in [0.15, 0.2) is 42.6 Å². The number of unbranched alkanes of at least 4 members (excludes halogenated alkanes) is 3. The van der Waals surface area contributed by atoms with Gasteiger partial charge in [-0.1, -0.05) is 63.4 Å². The van der Waals surface area contributed by atoms with Crippen LogP contribution in [0, 0.1) is 0 Å². The minimum absolute atomic E-state index is 0.489. The van der Waals surface area contributed by atoms with Crippen LogP contribution in [0.25, 0.3) is 22.6 Å². The summed E-state index contributed by atoms with van der Waals surface area (Å²) in [5.41, 5.74) is 3.95. The van der Waals surface area contributed by atoms with E-state index in [9.17, 15) is 0 Å². The molecule has 0 spiro atoms. The van der Waals surface area contributed by atoms with Crippen molar-refractivity contribution in [3.8, 4) is 22.6 Å². The molecular weight excluding hydrogens is 400 g/mol. The number of rotatable bonds is 11. The van der Waals surface area contributed by atoms with Crippen molar-refractivity contribution in [1.82, 2.24) is 40.4 Å². The highest BCUT2D eigenvalue weighted by Crippen LogP contribution is 2.28. The summed E-state index contributed by atoms with van der Waals surface area (Å²) in [6.45, 7) is 5.16. The van der Waals surface area contributed by atoms with Gasteiger partial charge in [-0.25, -0.2) is 9.67 Å². The van der Waals surface area contributed by atoms with E-state index in [1.807, 2.05) is 12.1 Å². The predicted octanol–water partition coefficient (Wildman–Crippen LogP) is 4.64. The van der Waals surface area contributed by atoms with Crippen LogP contribution in [-0.2, 0) is 19.4 Å². The monoisotopic (exact) mass is 430 g/mol. The average molecular weight is 431 g/mol. The second kappa shape index (κ2) is 10.7. The van der Waals surface area contributed by atoms with E-state index in [1.165, 1.54) is 18.4 Å². The lowest BCUT2D eigenvalue weighted by molar-refractivity contribution is 0.602. The smallest absolute Gasteiger partial charge is 0.223 e. The maximum absolute atomic E-state index is 4.84. The standard InChI is InChI=1S/C24H30N8/c1-3-5-7-11-22-26-21(10-6-4-2)29-32(22)17-18-12-14-19(15-13-18)20-9-8-16-25-23(20)24-27-30-31-28-24/h8-9,12-16H,3-7,10-11,17H2,1-2H3,(H,27,28,30,31). The third-order valence-corrected chi connectivity index (χ3v) is 5.51. The topological polar surface area (TPSA) is 98.1 Å². The molecule has 4 rings (SSSR count). The molecule has 166 valence electrons. The van der Waals surface area contributed by atoms with Crippen molar-refractivity contribution in [2.45, 2.75) is 65.3 Å². The first-order valence-corrected chi connectivity index (χ1v) is 11.5. The largest absolute Gasteiger partial charge is 0.252 e. The van der Waals surface area contributed by atoms with Gasteiger partial charge in [-0.2, -0.15) is 10.3 Å². The van der Waals surface area contributed by atoms with E-state index < -0.39 is 0 Å². The minimum atomic E-state index is 0.489. The highest BCUT2D eigenvalue weighted by atomic mass is 15.5. The van der Waals surface area contributed by atoms with Gasteiger partial charge in [-0.3, -0.25) is 4.98 Å². The van der Waals surface area contributed by atoms with Gasteiger partial charge in [-0.15, -0.1) is 10.2 Å². The Morgan fingerprint density at radius 2 is 1.78 bits per heavy atom. The zero-order valence-corrected chi connectivity index (χ0v) is 18.8. The van der Waals surface area contributed by atoms with Crippen molar-refractivity contribution in [2.24, 2.45) is 0 Å². The van der Waals surface area contributed by atoms with Crippen molar-refractivity contribution < 1.29 is 0 Å². The summed E-state index contributed by atoms with van der Waals surface area (Å²) < 4.78 is 2.09. The molecule has 1 N–H and O–H groups in total. The van der Waals surface area contributed by atoms with Gasteiger partial charge in [0.05, 0.1) is 6.54 Å². The van der Waals surface area contributed by atoms with Gasteiger partial charge in [0.25, 0.3) is 0 Å². The Morgan fingerprint density at radius 3 is 2.53 bits per heavy atom. The maximum Gasteiger partial charge on any atom is 0.223 e. The van der Waals surface area contributed by atoms with Crippen molar-refractivity contribution in [1.29, 1.82) is 0 Å². The summed E-state index contributed by atoms with van der Waals surface area (Å²) in [7, 11) is 0. The molecule has 0 aliphatic heterocycles. The Morgan fingerprint density at radius 1 is 0.938 bits per heavy atom. The predicted molar refractivity (Wildman–Crippen MR) is 124 cm³/mol. The Balaban J connectivity index is 1.54. The number of benzene rings is 1. The van der Waals surface area contributed by atoms with E-state index in [-0.39, 0.29) is 0 Å². The molecule has 0 saturated heterocycles. The van der Waals surface area contributed by atoms with E-state index in [4.69, 9.17) is 10.1 Å². The zero-order chi connectivity index (χ0) is 22.2. The van der Waals surface area contributed by atoms with Gasteiger partial charge in [0.15, 0.2) is 5.82 Å². The third kappa shape index (κ3) is 5.25. The Kier molecular flexibility index (Phi) is 7.32. The second-order valence-corrected chi connectivity index (χ2v) is 7.99. The first-order chi connectivity index (χ1) is 15.8. The number of H-pyrrole nitrogens is 1. The number of nitrogens with one attached hydrogen (secondary N) is 1. The SMILES string of the molecule is CCCCCc1nc(CCCC)nn1Cc1ccc(-c2cccnc2-c2nn[nH]n2)cc1. The second-order valence-electron chi connectivity index (χ2n) is 7.99. The first-order valence-electron chi connectivity index (χ1n) is 11.5. The van der Waals surface area contributed by atoms with E-state index in [2.05, 4.69) is 68.4 Å². The van der Waals surface area contributed by atoms with E-state index in [0.717, 1.165) is 61.4 Å². The third-order valence-electron chi connectivity index (χ3n) is 5.51. The maximum atomic E-state index is 4.84. The Bertz CT molecular complexity index is 1100. The van der Waals surface area contributed by atoms with Crippen LogP contribution < -0.4 is 0 Å². The van der Waals surface area contributed by atoms with E-state index in [1.54, 1.807) is 6.20 Å². The van der Waals surface area contributed by atoms with Crippen molar-refractivity contribution in [2.75, 3.05) is 0 Å². The molecule has 3 heterocycles. The molecule has 0 atom stereocenters. The molecular formula is C24H30N8. The van der Waals surface area contributed by atoms with Gasteiger partial charge in [0.2, 0.25) is 5.82 Å². The van der Waals surface area contributed by atoms with Crippen LogP contribution in [0.5, 0.6) is 0 Å². The van der Waals surface area contributed by atoms with E-state index >= 15 is 0 Å². The number of pyridine rings is 1. The number of aromatic nitrogens is 8. The lowest BCUT2D eigenvalue weighted by atomic mass is 10.0. The summed E-state index contributed by atoms with van der Waals surface area (Å²) >= 11 is 0. The normalized spacial score (nSPS) is 11.2. The average Bonchev–Trinajstić information content (AvgIpc) is 3.49. The number of nitrogens with zero attached hydrogens (tertiary/aromatic N) is 7. The summed E-state index contributed by atoms with van der Waals surface area (Å²) in [5.74, 6) is 2.55. The molecule has 0 amide bonds. The van der Waals surface area contributed by atoms with Gasteiger partial charge in [0.1, 0.15) is 11.5 Å². The summed E-state index contributed by atoms with van der Waals surface area (Å²) in [6.07, 6.45) is 9.53. The molecule has 0 saturated carbocycles. The molecule has 8 nitrogen and oxygen atoms in total. The molecule has 3 aromatic heterocycles. The van der Waals surface area contributed by atoms with E-state index in [0.29, 0.717) is 11.5 Å².